The van der Waals surface area contributed by atoms with Crippen LogP contribution < -0.4 is 0 Å². The first-order valence-electron chi connectivity index (χ1n) is 6.20. The molecule has 0 saturated carbocycles. The van der Waals surface area contributed by atoms with Crippen molar-refractivity contribution in [3.8, 4) is 0 Å². The molecule has 0 fully saturated rings. The fourth-order valence-corrected chi connectivity index (χ4v) is 1.98. The molecule has 1 unspecified atom stereocenters. The number of aliphatic carboxylic acids is 1. The molecule has 0 spiro atoms. The van der Waals surface area contributed by atoms with Crippen LogP contribution in [0.25, 0.3) is 0 Å². The van der Waals surface area contributed by atoms with Crippen molar-refractivity contribution < 1.29 is 14.3 Å². The molecule has 1 rings (SSSR count). The topological polar surface area (TPSA) is 40.5 Å². The minimum absolute atomic E-state index is 0.115. The lowest BCUT2D eigenvalue weighted by Gasteiger charge is -2.26. The van der Waals surface area contributed by atoms with Crippen LogP contribution in [0.1, 0.15) is 25.3 Å². The van der Waals surface area contributed by atoms with Gasteiger partial charge >= 0.3 is 5.97 Å². The maximum atomic E-state index is 13.6. The van der Waals surface area contributed by atoms with E-state index in [-0.39, 0.29) is 18.3 Å². The number of nitrogens with zero attached hydrogens (tertiary/aromatic N) is 1. The molecule has 18 heavy (non-hydrogen) atoms. The molecule has 0 amide bonds. The van der Waals surface area contributed by atoms with Gasteiger partial charge in [0.1, 0.15) is 5.82 Å². The maximum absolute atomic E-state index is 13.6. The van der Waals surface area contributed by atoms with Crippen molar-refractivity contribution in [1.29, 1.82) is 0 Å². The Balaban J connectivity index is 2.61. The summed E-state index contributed by atoms with van der Waals surface area (Å²) in [6.07, 6.45) is 1.59. The number of benzene rings is 1. The van der Waals surface area contributed by atoms with Crippen molar-refractivity contribution in [2.45, 2.75) is 32.2 Å². The maximum Gasteiger partial charge on any atom is 0.304 e. The molecule has 0 aliphatic rings. The third-order valence-electron chi connectivity index (χ3n) is 3.19. The molecule has 4 heteroatoms. The molecule has 0 heterocycles. The number of rotatable bonds is 7. The molecule has 1 aromatic rings. The monoisotopic (exact) mass is 253 g/mol. The Morgan fingerprint density at radius 1 is 1.44 bits per heavy atom. The summed E-state index contributed by atoms with van der Waals surface area (Å²) in [7, 11) is 1.89. The molecular weight excluding hydrogens is 233 g/mol. The highest BCUT2D eigenvalue weighted by Crippen LogP contribution is 2.14. The first-order chi connectivity index (χ1) is 8.54. The number of halogens is 1. The molecule has 1 aromatic carbocycles. The van der Waals surface area contributed by atoms with E-state index in [1.54, 1.807) is 12.1 Å². The molecule has 0 saturated heterocycles. The Kier molecular flexibility index (Phi) is 5.78. The molecule has 0 bridgehead atoms. The van der Waals surface area contributed by atoms with E-state index in [1.165, 1.54) is 6.07 Å². The predicted molar refractivity (Wildman–Crippen MR) is 69.1 cm³/mol. The summed E-state index contributed by atoms with van der Waals surface area (Å²) >= 11 is 0. The lowest BCUT2D eigenvalue weighted by atomic mass is 10.0. The molecule has 0 radical (unpaired) electrons. The summed E-state index contributed by atoms with van der Waals surface area (Å²) in [6.45, 7) is 2.52. The van der Waals surface area contributed by atoms with Gasteiger partial charge in [-0.05, 0) is 31.5 Å². The molecule has 0 aromatic heterocycles. The van der Waals surface area contributed by atoms with E-state index in [9.17, 15) is 9.18 Å². The lowest BCUT2D eigenvalue weighted by Crippen LogP contribution is -2.34. The summed E-state index contributed by atoms with van der Waals surface area (Å²) in [5, 5.41) is 8.66. The number of hydrogen-bond acceptors (Lipinski definition) is 2. The van der Waals surface area contributed by atoms with E-state index in [0.717, 1.165) is 6.42 Å². The second-order valence-electron chi connectivity index (χ2n) is 4.48. The molecule has 1 N–H and O–H groups in total. The van der Waals surface area contributed by atoms with Crippen LogP contribution in [0.2, 0.25) is 0 Å². The van der Waals surface area contributed by atoms with E-state index >= 15 is 0 Å². The van der Waals surface area contributed by atoms with E-state index in [2.05, 4.69) is 0 Å². The van der Waals surface area contributed by atoms with Crippen LogP contribution in [-0.4, -0.2) is 35.6 Å². The van der Waals surface area contributed by atoms with Crippen molar-refractivity contribution in [2.75, 3.05) is 13.6 Å². The summed E-state index contributed by atoms with van der Waals surface area (Å²) in [6, 6.07) is 6.90. The number of carboxylic acid groups (broad SMARTS) is 1. The standard InChI is InChI=1S/C14H20FNO2/c1-3-12(16(2)9-8-14(17)18)10-11-6-4-5-7-13(11)15/h4-7,12H,3,8-10H2,1-2H3,(H,17,18). The molecule has 3 nitrogen and oxygen atoms in total. The predicted octanol–water partition coefficient (Wildman–Crippen LogP) is 2.55. The van der Waals surface area contributed by atoms with Crippen molar-refractivity contribution in [3.05, 3.63) is 35.6 Å². The van der Waals surface area contributed by atoms with Gasteiger partial charge in [-0.3, -0.25) is 4.79 Å². The van der Waals surface area contributed by atoms with Gasteiger partial charge in [0.05, 0.1) is 6.42 Å². The summed E-state index contributed by atoms with van der Waals surface area (Å²) in [4.78, 5) is 12.5. The van der Waals surface area contributed by atoms with Crippen LogP contribution in [0, 0.1) is 5.82 Å². The quantitative estimate of drug-likeness (QED) is 0.812. The Labute approximate surface area is 107 Å². The molecule has 1 atom stereocenters. The number of likely N-dealkylation sites (N-methyl/N-ethyl adjacent to an activating group) is 1. The third kappa shape index (κ3) is 4.45. The van der Waals surface area contributed by atoms with Crippen molar-refractivity contribution in [2.24, 2.45) is 0 Å². The van der Waals surface area contributed by atoms with Gasteiger partial charge in [-0.25, -0.2) is 4.39 Å². The normalized spacial score (nSPS) is 12.7. The average Bonchev–Trinajstić information content (AvgIpc) is 2.35. The van der Waals surface area contributed by atoms with Gasteiger partial charge in [-0.2, -0.15) is 0 Å². The fraction of sp³-hybridized carbons (Fsp3) is 0.500. The lowest BCUT2D eigenvalue weighted by molar-refractivity contribution is -0.137. The van der Waals surface area contributed by atoms with Gasteiger partial charge in [0.15, 0.2) is 0 Å². The van der Waals surface area contributed by atoms with Crippen LogP contribution >= 0.6 is 0 Å². The second kappa shape index (κ2) is 7.11. The van der Waals surface area contributed by atoms with Gasteiger partial charge in [0, 0.05) is 12.6 Å². The third-order valence-corrected chi connectivity index (χ3v) is 3.19. The van der Waals surface area contributed by atoms with Crippen LogP contribution in [-0.2, 0) is 11.2 Å². The Hall–Kier alpha value is -1.42. The van der Waals surface area contributed by atoms with Crippen molar-refractivity contribution in [3.63, 3.8) is 0 Å². The van der Waals surface area contributed by atoms with Crippen LogP contribution in [0.4, 0.5) is 4.39 Å². The fourth-order valence-electron chi connectivity index (χ4n) is 1.98. The Bertz CT molecular complexity index is 395. The van der Waals surface area contributed by atoms with Crippen LogP contribution in [0.5, 0.6) is 0 Å². The van der Waals surface area contributed by atoms with E-state index < -0.39 is 5.97 Å². The van der Waals surface area contributed by atoms with Gasteiger partial charge in [-0.1, -0.05) is 25.1 Å². The zero-order valence-corrected chi connectivity index (χ0v) is 10.9. The summed E-state index contributed by atoms with van der Waals surface area (Å²) in [5.74, 6) is -0.995. The van der Waals surface area contributed by atoms with E-state index in [0.29, 0.717) is 18.5 Å². The largest absolute Gasteiger partial charge is 0.481 e. The molecule has 0 aliphatic heterocycles. The molecule has 0 aliphatic carbocycles. The SMILES string of the molecule is CCC(Cc1ccccc1F)N(C)CCC(=O)O. The molecular formula is C14H20FNO2. The summed E-state index contributed by atoms with van der Waals surface area (Å²) < 4.78 is 13.6. The number of carboxylic acids is 1. The second-order valence-corrected chi connectivity index (χ2v) is 4.48. The van der Waals surface area contributed by atoms with Crippen LogP contribution in [0.15, 0.2) is 24.3 Å². The number of hydrogen-bond donors (Lipinski definition) is 1. The summed E-state index contributed by atoms with van der Waals surface area (Å²) in [5.41, 5.74) is 0.687. The minimum atomic E-state index is -0.803. The van der Waals surface area contributed by atoms with Crippen LogP contribution in [0.3, 0.4) is 0 Å². The Morgan fingerprint density at radius 3 is 2.67 bits per heavy atom. The Morgan fingerprint density at radius 2 is 2.11 bits per heavy atom. The highest BCUT2D eigenvalue weighted by Gasteiger charge is 2.15. The number of carbonyl (C=O) groups is 1. The highest BCUT2D eigenvalue weighted by atomic mass is 19.1. The van der Waals surface area contributed by atoms with Gasteiger partial charge < -0.3 is 10.0 Å². The highest BCUT2D eigenvalue weighted by molar-refractivity contribution is 5.66. The zero-order valence-electron chi connectivity index (χ0n) is 10.9. The minimum Gasteiger partial charge on any atom is -0.481 e. The van der Waals surface area contributed by atoms with Gasteiger partial charge in [0.25, 0.3) is 0 Å². The first-order valence-corrected chi connectivity index (χ1v) is 6.20. The van der Waals surface area contributed by atoms with E-state index in [1.807, 2.05) is 24.9 Å². The van der Waals surface area contributed by atoms with Crippen molar-refractivity contribution in [1.82, 2.24) is 4.90 Å². The molecule has 100 valence electrons. The van der Waals surface area contributed by atoms with Gasteiger partial charge in [-0.15, -0.1) is 0 Å². The van der Waals surface area contributed by atoms with E-state index in [4.69, 9.17) is 5.11 Å². The van der Waals surface area contributed by atoms with Crippen molar-refractivity contribution >= 4 is 5.97 Å². The zero-order chi connectivity index (χ0) is 13.5. The van der Waals surface area contributed by atoms with Gasteiger partial charge in [0.2, 0.25) is 0 Å². The smallest absolute Gasteiger partial charge is 0.304 e. The first kappa shape index (κ1) is 14.6. The average molecular weight is 253 g/mol.